The summed E-state index contributed by atoms with van der Waals surface area (Å²) in [6, 6.07) is 3.69. The van der Waals surface area contributed by atoms with Crippen molar-refractivity contribution in [3.8, 4) is 5.75 Å². The van der Waals surface area contributed by atoms with Gasteiger partial charge in [0.2, 0.25) is 5.91 Å². The molecule has 0 saturated carbocycles. The lowest BCUT2D eigenvalue weighted by molar-refractivity contribution is -0.122. The number of benzene rings is 1. The third kappa shape index (κ3) is 4.16. The van der Waals surface area contributed by atoms with Crippen LogP contribution in [0, 0.1) is 5.82 Å². The molecule has 0 aliphatic carbocycles. The molecule has 0 spiro atoms. The van der Waals surface area contributed by atoms with Crippen LogP contribution in [0.5, 0.6) is 5.75 Å². The Morgan fingerprint density at radius 3 is 2.50 bits per heavy atom. The van der Waals surface area contributed by atoms with Gasteiger partial charge >= 0.3 is 0 Å². The smallest absolute Gasteiger partial charge is 0.237 e. The van der Waals surface area contributed by atoms with Gasteiger partial charge in [0.15, 0.2) is 11.6 Å². The molecule has 0 radical (unpaired) electrons. The molecule has 102 valence electrons. The van der Waals surface area contributed by atoms with Crippen molar-refractivity contribution in [1.29, 1.82) is 0 Å². The second kappa shape index (κ2) is 7.18. The first-order valence-corrected chi connectivity index (χ1v) is 5.35. The minimum Gasteiger partial charge on any atom is -0.494 e. The number of carbonyl (C=O) groups is 1. The standard InChI is InChI=1S/C12H17FN2O2.ClH/c1-7(14)12(16)15-8(2)9-4-5-11(17-3)10(13)6-9;/h4-8H,14H2,1-3H3,(H,15,16);1H. The Bertz CT molecular complexity index is 413. The second-order valence-electron chi connectivity index (χ2n) is 3.91. The molecule has 0 aromatic heterocycles. The number of hydrogen-bond donors (Lipinski definition) is 2. The maximum Gasteiger partial charge on any atom is 0.237 e. The predicted octanol–water partition coefficient (Wildman–Crippen LogP) is 1.78. The number of methoxy groups -OCH3 is 1. The summed E-state index contributed by atoms with van der Waals surface area (Å²) in [4.78, 5) is 11.4. The first kappa shape index (κ1) is 16.7. The predicted molar refractivity (Wildman–Crippen MR) is 70.4 cm³/mol. The van der Waals surface area contributed by atoms with Crippen LogP contribution in [0.15, 0.2) is 18.2 Å². The zero-order valence-electron chi connectivity index (χ0n) is 10.6. The highest BCUT2D eigenvalue weighted by molar-refractivity contribution is 5.85. The van der Waals surface area contributed by atoms with Crippen LogP contribution in [-0.2, 0) is 4.79 Å². The average molecular weight is 277 g/mol. The van der Waals surface area contributed by atoms with Crippen LogP contribution < -0.4 is 15.8 Å². The molecule has 1 rings (SSSR count). The van der Waals surface area contributed by atoms with Gasteiger partial charge in [-0.25, -0.2) is 4.39 Å². The topological polar surface area (TPSA) is 64.3 Å². The molecule has 2 atom stereocenters. The zero-order chi connectivity index (χ0) is 13.0. The van der Waals surface area contributed by atoms with Gasteiger partial charge in [0.05, 0.1) is 19.2 Å². The maximum absolute atomic E-state index is 13.4. The molecule has 0 saturated heterocycles. The summed E-state index contributed by atoms with van der Waals surface area (Å²) in [5, 5.41) is 2.69. The number of rotatable bonds is 4. The molecular weight excluding hydrogens is 259 g/mol. The van der Waals surface area contributed by atoms with Gasteiger partial charge in [0, 0.05) is 0 Å². The maximum atomic E-state index is 13.4. The number of nitrogens with one attached hydrogen (secondary N) is 1. The largest absolute Gasteiger partial charge is 0.494 e. The number of carbonyl (C=O) groups excluding carboxylic acids is 1. The molecule has 0 fully saturated rings. The summed E-state index contributed by atoms with van der Waals surface area (Å²) >= 11 is 0. The van der Waals surface area contributed by atoms with Crippen molar-refractivity contribution in [2.75, 3.05) is 7.11 Å². The van der Waals surface area contributed by atoms with Crippen molar-refractivity contribution < 1.29 is 13.9 Å². The molecule has 4 nitrogen and oxygen atoms in total. The summed E-state index contributed by atoms with van der Waals surface area (Å²) in [5.41, 5.74) is 6.10. The van der Waals surface area contributed by atoms with Crippen molar-refractivity contribution in [3.05, 3.63) is 29.6 Å². The Morgan fingerprint density at radius 2 is 2.06 bits per heavy atom. The Kier molecular flexibility index (Phi) is 6.65. The van der Waals surface area contributed by atoms with Gasteiger partial charge in [-0.3, -0.25) is 4.79 Å². The number of ether oxygens (including phenoxy) is 1. The van der Waals surface area contributed by atoms with Gasteiger partial charge in [0.1, 0.15) is 0 Å². The lowest BCUT2D eigenvalue weighted by Gasteiger charge is -2.16. The highest BCUT2D eigenvalue weighted by Gasteiger charge is 2.14. The van der Waals surface area contributed by atoms with Crippen molar-refractivity contribution in [2.24, 2.45) is 5.73 Å². The molecule has 6 heteroatoms. The van der Waals surface area contributed by atoms with E-state index in [1.54, 1.807) is 19.9 Å². The van der Waals surface area contributed by atoms with Crippen LogP contribution in [0.1, 0.15) is 25.5 Å². The molecule has 3 N–H and O–H groups in total. The van der Waals surface area contributed by atoms with E-state index in [4.69, 9.17) is 10.5 Å². The molecule has 1 amide bonds. The summed E-state index contributed by atoms with van der Waals surface area (Å²) in [6.45, 7) is 3.36. The third-order valence-electron chi connectivity index (χ3n) is 2.45. The van der Waals surface area contributed by atoms with E-state index >= 15 is 0 Å². The monoisotopic (exact) mass is 276 g/mol. The van der Waals surface area contributed by atoms with Crippen molar-refractivity contribution in [3.63, 3.8) is 0 Å². The number of amides is 1. The first-order valence-electron chi connectivity index (χ1n) is 5.35. The van der Waals surface area contributed by atoms with Crippen LogP contribution in [0.25, 0.3) is 0 Å². The SMILES string of the molecule is COc1ccc(C(C)NC(=O)C(C)N)cc1F.Cl. The van der Waals surface area contributed by atoms with E-state index in [-0.39, 0.29) is 30.1 Å². The average Bonchev–Trinajstić information content (AvgIpc) is 2.28. The van der Waals surface area contributed by atoms with Gasteiger partial charge in [-0.15, -0.1) is 12.4 Å². The number of hydrogen-bond acceptors (Lipinski definition) is 3. The fourth-order valence-electron chi connectivity index (χ4n) is 1.38. The van der Waals surface area contributed by atoms with Crippen molar-refractivity contribution >= 4 is 18.3 Å². The number of nitrogens with two attached hydrogens (primary N) is 1. The molecule has 1 aromatic rings. The molecule has 18 heavy (non-hydrogen) atoms. The van der Waals surface area contributed by atoms with Crippen LogP contribution in [0.2, 0.25) is 0 Å². The minimum absolute atomic E-state index is 0. The fraction of sp³-hybridized carbons (Fsp3) is 0.417. The lowest BCUT2D eigenvalue weighted by atomic mass is 10.1. The second-order valence-corrected chi connectivity index (χ2v) is 3.91. The lowest BCUT2D eigenvalue weighted by Crippen LogP contribution is -2.39. The highest BCUT2D eigenvalue weighted by Crippen LogP contribution is 2.21. The van der Waals surface area contributed by atoms with E-state index in [9.17, 15) is 9.18 Å². The summed E-state index contributed by atoms with van der Waals surface area (Å²) in [6.07, 6.45) is 0. The highest BCUT2D eigenvalue weighted by atomic mass is 35.5. The minimum atomic E-state index is -0.583. The van der Waals surface area contributed by atoms with E-state index < -0.39 is 11.9 Å². The zero-order valence-corrected chi connectivity index (χ0v) is 11.4. The van der Waals surface area contributed by atoms with Crippen LogP contribution in [0.4, 0.5) is 4.39 Å². The summed E-state index contributed by atoms with van der Waals surface area (Å²) in [7, 11) is 1.40. The molecule has 0 aliphatic rings. The van der Waals surface area contributed by atoms with Gasteiger partial charge in [-0.2, -0.15) is 0 Å². The quantitative estimate of drug-likeness (QED) is 0.881. The summed E-state index contributed by atoms with van der Waals surface area (Å²) < 4.78 is 18.3. The van der Waals surface area contributed by atoms with E-state index in [2.05, 4.69) is 5.32 Å². The van der Waals surface area contributed by atoms with Crippen molar-refractivity contribution in [1.82, 2.24) is 5.32 Å². The Morgan fingerprint density at radius 1 is 1.44 bits per heavy atom. The third-order valence-corrected chi connectivity index (χ3v) is 2.45. The van der Waals surface area contributed by atoms with Crippen LogP contribution in [-0.4, -0.2) is 19.1 Å². The van der Waals surface area contributed by atoms with E-state index in [0.717, 1.165) is 0 Å². The van der Waals surface area contributed by atoms with Gasteiger partial charge < -0.3 is 15.8 Å². The molecule has 0 aliphatic heterocycles. The molecule has 2 unspecified atom stereocenters. The van der Waals surface area contributed by atoms with Gasteiger partial charge in [-0.05, 0) is 31.5 Å². The Balaban J connectivity index is 0.00000289. The number of halogens is 2. The van der Waals surface area contributed by atoms with E-state index in [0.29, 0.717) is 5.56 Å². The van der Waals surface area contributed by atoms with Gasteiger partial charge in [0.25, 0.3) is 0 Å². The Hall–Kier alpha value is -1.33. The van der Waals surface area contributed by atoms with Crippen LogP contribution in [0.3, 0.4) is 0 Å². The molecule has 0 bridgehead atoms. The van der Waals surface area contributed by atoms with Crippen LogP contribution >= 0.6 is 12.4 Å². The fourth-order valence-corrected chi connectivity index (χ4v) is 1.38. The van der Waals surface area contributed by atoms with Gasteiger partial charge in [-0.1, -0.05) is 6.07 Å². The first-order chi connectivity index (χ1) is 7.95. The summed E-state index contributed by atoms with van der Waals surface area (Å²) in [5.74, 6) is -0.542. The van der Waals surface area contributed by atoms with Crippen molar-refractivity contribution in [2.45, 2.75) is 25.9 Å². The normalized spacial score (nSPS) is 13.2. The van der Waals surface area contributed by atoms with E-state index in [1.807, 2.05) is 0 Å². The van der Waals surface area contributed by atoms with E-state index in [1.165, 1.54) is 19.2 Å². The molecule has 0 heterocycles. The molecule has 1 aromatic carbocycles. The molecular formula is C12H18ClFN2O2. The Labute approximate surface area is 112 Å².